The molecule has 0 atom stereocenters. The largest absolute Gasteiger partial charge is 0.498 e. The average Bonchev–Trinajstić information content (AvgIpc) is 2.87. The van der Waals surface area contributed by atoms with Gasteiger partial charge in [0.1, 0.15) is 5.76 Å². The topological polar surface area (TPSA) is 70.5 Å². The number of ether oxygens (including phenoxy) is 2. The van der Waals surface area contributed by atoms with Crippen molar-refractivity contribution in [1.82, 2.24) is 0 Å². The summed E-state index contributed by atoms with van der Waals surface area (Å²) >= 11 is 0. The molecule has 4 heteroatoms. The molecule has 124 valence electrons. The van der Waals surface area contributed by atoms with Gasteiger partial charge in [0.15, 0.2) is 0 Å². The fourth-order valence-electron chi connectivity index (χ4n) is 2.23. The fraction of sp³-hybridized carbons (Fsp3) is 0.368. The normalized spacial score (nSPS) is 17.4. The summed E-state index contributed by atoms with van der Waals surface area (Å²) in [6, 6.07) is 0. The van der Waals surface area contributed by atoms with E-state index >= 15 is 0 Å². The minimum atomic E-state index is 0.723. The van der Waals surface area contributed by atoms with Crippen LogP contribution in [0.3, 0.4) is 0 Å². The number of nitrogens with two attached hydrogens (primary N) is 2. The molecule has 0 bridgehead atoms. The van der Waals surface area contributed by atoms with Crippen LogP contribution in [0.2, 0.25) is 0 Å². The van der Waals surface area contributed by atoms with Gasteiger partial charge >= 0.3 is 0 Å². The maximum absolute atomic E-state index is 5.76. The van der Waals surface area contributed by atoms with E-state index in [-0.39, 0.29) is 0 Å². The van der Waals surface area contributed by atoms with Crippen LogP contribution < -0.4 is 11.5 Å². The number of unbranched alkanes of at least 4 members (excludes halogenated alkanes) is 2. The Kier molecular flexibility index (Phi) is 7.11. The van der Waals surface area contributed by atoms with E-state index in [1.54, 1.807) is 0 Å². The van der Waals surface area contributed by atoms with Crippen LogP contribution in [0.15, 0.2) is 71.5 Å². The molecule has 0 spiro atoms. The van der Waals surface area contributed by atoms with E-state index in [4.69, 9.17) is 20.9 Å². The minimum Gasteiger partial charge on any atom is -0.498 e. The van der Waals surface area contributed by atoms with Gasteiger partial charge in [-0.3, -0.25) is 0 Å². The first-order valence-electron chi connectivity index (χ1n) is 8.15. The number of allylic oxidation sites excluding steroid dienone is 8. The van der Waals surface area contributed by atoms with Crippen molar-refractivity contribution < 1.29 is 9.47 Å². The van der Waals surface area contributed by atoms with Crippen LogP contribution in [0.5, 0.6) is 0 Å². The van der Waals surface area contributed by atoms with Crippen molar-refractivity contribution in [2.75, 3.05) is 13.2 Å². The lowest BCUT2D eigenvalue weighted by Crippen LogP contribution is -1.98. The van der Waals surface area contributed by atoms with Crippen molar-refractivity contribution >= 4 is 0 Å². The fourth-order valence-corrected chi connectivity index (χ4v) is 2.23. The molecular weight excluding hydrogens is 288 g/mol. The van der Waals surface area contributed by atoms with Gasteiger partial charge in [-0.25, -0.2) is 0 Å². The van der Waals surface area contributed by atoms with E-state index in [0.29, 0.717) is 0 Å². The smallest absolute Gasteiger partial charge is 0.115 e. The SMILES string of the molecule is NC1=CC=C(OCCCCCOC2=CCC(N)=CC=C2)CC=C1. The average molecular weight is 314 g/mol. The Morgan fingerprint density at radius 3 is 2.57 bits per heavy atom. The van der Waals surface area contributed by atoms with E-state index in [2.05, 4.69) is 0 Å². The van der Waals surface area contributed by atoms with Gasteiger partial charge in [0.2, 0.25) is 0 Å². The van der Waals surface area contributed by atoms with Crippen LogP contribution in [-0.2, 0) is 9.47 Å². The first-order valence-corrected chi connectivity index (χ1v) is 8.15. The van der Waals surface area contributed by atoms with E-state index in [1.165, 1.54) is 0 Å². The van der Waals surface area contributed by atoms with Crippen LogP contribution in [0, 0.1) is 0 Å². The second-order valence-corrected chi connectivity index (χ2v) is 5.58. The summed E-state index contributed by atoms with van der Waals surface area (Å²) in [4.78, 5) is 0. The molecule has 0 heterocycles. The third-order valence-corrected chi connectivity index (χ3v) is 3.55. The molecule has 0 aromatic heterocycles. The van der Waals surface area contributed by atoms with Gasteiger partial charge in [-0.1, -0.05) is 12.2 Å². The summed E-state index contributed by atoms with van der Waals surface area (Å²) in [5, 5.41) is 0. The van der Waals surface area contributed by atoms with Crippen LogP contribution in [0.1, 0.15) is 32.1 Å². The summed E-state index contributed by atoms with van der Waals surface area (Å²) in [5.41, 5.74) is 13.1. The Morgan fingerprint density at radius 2 is 1.70 bits per heavy atom. The van der Waals surface area contributed by atoms with E-state index in [0.717, 1.165) is 68.2 Å². The monoisotopic (exact) mass is 314 g/mol. The highest BCUT2D eigenvalue weighted by Crippen LogP contribution is 2.12. The third-order valence-electron chi connectivity index (χ3n) is 3.55. The van der Waals surface area contributed by atoms with E-state index in [1.807, 2.05) is 48.6 Å². The van der Waals surface area contributed by atoms with Crippen LogP contribution in [-0.4, -0.2) is 13.2 Å². The zero-order valence-corrected chi connectivity index (χ0v) is 13.5. The maximum Gasteiger partial charge on any atom is 0.115 e. The molecule has 4 nitrogen and oxygen atoms in total. The molecule has 0 aromatic rings. The highest BCUT2D eigenvalue weighted by atomic mass is 16.5. The standard InChI is InChI=1S/C19H26N2O2/c20-16-6-4-8-18(12-10-16)22-14-2-1-3-15-23-19-9-5-7-17(21)11-13-19/h4-8,11-13H,1-3,9-10,14-15,20-21H2. The summed E-state index contributed by atoms with van der Waals surface area (Å²) in [7, 11) is 0. The second kappa shape index (κ2) is 9.62. The van der Waals surface area contributed by atoms with Gasteiger partial charge in [-0.15, -0.1) is 0 Å². The zero-order valence-electron chi connectivity index (χ0n) is 13.5. The lowest BCUT2D eigenvalue weighted by atomic mass is 10.2. The summed E-state index contributed by atoms with van der Waals surface area (Å²) < 4.78 is 11.5. The predicted octanol–water partition coefficient (Wildman–Crippen LogP) is 3.56. The second-order valence-electron chi connectivity index (χ2n) is 5.58. The molecule has 2 aliphatic carbocycles. The van der Waals surface area contributed by atoms with Gasteiger partial charge in [0.05, 0.1) is 19.0 Å². The molecule has 0 amide bonds. The number of hydrogen-bond donors (Lipinski definition) is 2. The van der Waals surface area contributed by atoms with Crippen molar-refractivity contribution in [3.8, 4) is 0 Å². The first-order chi connectivity index (χ1) is 11.2. The number of hydrogen-bond acceptors (Lipinski definition) is 4. The van der Waals surface area contributed by atoms with Gasteiger partial charge in [0, 0.05) is 24.2 Å². The Labute approximate surface area is 138 Å². The van der Waals surface area contributed by atoms with Crippen LogP contribution >= 0.6 is 0 Å². The predicted molar refractivity (Wildman–Crippen MR) is 94.0 cm³/mol. The van der Waals surface area contributed by atoms with Gasteiger partial charge in [-0.2, -0.15) is 0 Å². The molecular formula is C19H26N2O2. The summed E-state index contributed by atoms with van der Waals surface area (Å²) in [5.74, 6) is 1.87. The third kappa shape index (κ3) is 6.96. The summed E-state index contributed by atoms with van der Waals surface area (Å²) in [6.45, 7) is 1.46. The quantitative estimate of drug-likeness (QED) is 0.672. The molecule has 0 radical (unpaired) electrons. The Bertz CT molecular complexity index is 566. The van der Waals surface area contributed by atoms with Crippen molar-refractivity contribution in [2.45, 2.75) is 32.1 Å². The Morgan fingerprint density at radius 1 is 0.870 bits per heavy atom. The molecule has 0 unspecified atom stereocenters. The zero-order chi connectivity index (χ0) is 16.3. The molecule has 23 heavy (non-hydrogen) atoms. The molecule has 4 N–H and O–H groups in total. The molecule has 0 saturated carbocycles. The van der Waals surface area contributed by atoms with Crippen LogP contribution in [0.4, 0.5) is 0 Å². The molecule has 0 saturated heterocycles. The van der Waals surface area contributed by atoms with Crippen molar-refractivity contribution in [3.63, 3.8) is 0 Å². The van der Waals surface area contributed by atoms with Crippen LogP contribution in [0.25, 0.3) is 0 Å². The Hall–Kier alpha value is -2.36. The number of rotatable bonds is 8. The molecule has 2 aliphatic rings. The summed E-state index contributed by atoms with van der Waals surface area (Å²) in [6.07, 6.45) is 20.2. The highest BCUT2D eigenvalue weighted by molar-refractivity contribution is 5.27. The van der Waals surface area contributed by atoms with Crippen molar-refractivity contribution in [2.24, 2.45) is 11.5 Å². The van der Waals surface area contributed by atoms with E-state index < -0.39 is 0 Å². The molecule has 0 aliphatic heterocycles. The molecule has 0 aromatic carbocycles. The lowest BCUT2D eigenvalue weighted by molar-refractivity contribution is 0.187. The first kappa shape index (κ1) is 17.0. The van der Waals surface area contributed by atoms with Crippen molar-refractivity contribution in [1.29, 1.82) is 0 Å². The van der Waals surface area contributed by atoms with Gasteiger partial charge < -0.3 is 20.9 Å². The molecule has 0 fully saturated rings. The highest BCUT2D eigenvalue weighted by Gasteiger charge is 2.00. The van der Waals surface area contributed by atoms with Gasteiger partial charge in [0.25, 0.3) is 0 Å². The van der Waals surface area contributed by atoms with E-state index in [9.17, 15) is 0 Å². The minimum absolute atomic E-state index is 0.723. The lowest BCUT2D eigenvalue weighted by Gasteiger charge is -2.09. The Balaban J connectivity index is 1.52. The molecule has 2 rings (SSSR count). The maximum atomic E-state index is 5.76. The van der Waals surface area contributed by atoms with Gasteiger partial charge in [-0.05, 0) is 55.7 Å². The van der Waals surface area contributed by atoms with Crippen molar-refractivity contribution in [3.05, 3.63) is 71.5 Å².